The summed E-state index contributed by atoms with van der Waals surface area (Å²) in [6, 6.07) is 10.3. The zero-order valence-corrected chi connectivity index (χ0v) is 14.4. The van der Waals surface area contributed by atoms with Crippen LogP contribution >= 0.6 is 0 Å². The molecular formula is C18H13F3N4O3. The number of ether oxygens (including phenoxy) is 1. The highest BCUT2D eigenvalue weighted by atomic mass is 19.2. The molecule has 7 nitrogen and oxygen atoms in total. The second-order valence-electron chi connectivity index (χ2n) is 5.61. The van der Waals surface area contributed by atoms with Crippen molar-refractivity contribution in [3.05, 3.63) is 71.3 Å². The Labute approximate surface area is 156 Å². The van der Waals surface area contributed by atoms with Gasteiger partial charge in [0, 0.05) is 0 Å². The Morgan fingerprint density at radius 2 is 1.75 bits per heavy atom. The van der Waals surface area contributed by atoms with Crippen LogP contribution in [0.5, 0.6) is 0 Å². The maximum atomic E-state index is 13.5. The molecule has 0 saturated carbocycles. The SMILES string of the molecule is Cc1nn(-c2ccccc2)nc1C(=O)OCC(=O)Nc1ccc(F)c(F)c1F. The number of carbonyl (C=O) groups is 2. The summed E-state index contributed by atoms with van der Waals surface area (Å²) in [7, 11) is 0. The van der Waals surface area contributed by atoms with Crippen molar-refractivity contribution in [3.63, 3.8) is 0 Å². The monoisotopic (exact) mass is 390 g/mol. The van der Waals surface area contributed by atoms with Crippen LogP contribution in [0.4, 0.5) is 18.9 Å². The second-order valence-corrected chi connectivity index (χ2v) is 5.61. The third-order valence-electron chi connectivity index (χ3n) is 3.61. The average Bonchev–Trinajstić information content (AvgIpc) is 3.09. The van der Waals surface area contributed by atoms with Crippen molar-refractivity contribution in [1.29, 1.82) is 0 Å². The molecule has 0 aliphatic heterocycles. The number of para-hydroxylation sites is 1. The maximum Gasteiger partial charge on any atom is 0.361 e. The predicted octanol–water partition coefficient (Wildman–Crippen LogP) is 2.79. The van der Waals surface area contributed by atoms with E-state index in [2.05, 4.69) is 10.2 Å². The van der Waals surface area contributed by atoms with Gasteiger partial charge in [0.25, 0.3) is 5.91 Å². The minimum absolute atomic E-state index is 0.101. The summed E-state index contributed by atoms with van der Waals surface area (Å²) in [5.41, 5.74) is 0.221. The van der Waals surface area contributed by atoms with Gasteiger partial charge in [-0.1, -0.05) is 18.2 Å². The summed E-state index contributed by atoms with van der Waals surface area (Å²) in [6.07, 6.45) is 0. The molecule has 1 aromatic heterocycles. The third kappa shape index (κ3) is 4.00. The molecule has 2 aromatic carbocycles. The van der Waals surface area contributed by atoms with Crippen molar-refractivity contribution >= 4 is 17.6 Å². The van der Waals surface area contributed by atoms with E-state index in [1.54, 1.807) is 31.2 Å². The van der Waals surface area contributed by atoms with Crippen molar-refractivity contribution < 1.29 is 27.5 Å². The number of amides is 1. The molecule has 0 bridgehead atoms. The second kappa shape index (κ2) is 7.91. The van der Waals surface area contributed by atoms with E-state index in [0.717, 1.165) is 6.07 Å². The van der Waals surface area contributed by atoms with Crippen LogP contribution in [-0.2, 0) is 9.53 Å². The van der Waals surface area contributed by atoms with Gasteiger partial charge in [-0.3, -0.25) is 4.79 Å². The van der Waals surface area contributed by atoms with Crippen molar-refractivity contribution in [2.45, 2.75) is 6.92 Å². The van der Waals surface area contributed by atoms with E-state index in [4.69, 9.17) is 4.74 Å². The number of nitrogens with one attached hydrogen (secondary N) is 1. The van der Waals surface area contributed by atoms with E-state index < -0.39 is 41.6 Å². The first-order chi connectivity index (χ1) is 13.4. The smallest absolute Gasteiger partial charge is 0.361 e. The molecule has 1 heterocycles. The number of aryl methyl sites for hydroxylation is 1. The predicted molar refractivity (Wildman–Crippen MR) is 91.3 cm³/mol. The van der Waals surface area contributed by atoms with Gasteiger partial charge in [-0.15, -0.1) is 5.10 Å². The number of halogens is 3. The fourth-order valence-electron chi connectivity index (χ4n) is 2.25. The summed E-state index contributed by atoms with van der Waals surface area (Å²) in [5, 5.41) is 10.1. The lowest BCUT2D eigenvalue weighted by Gasteiger charge is -2.07. The minimum Gasteiger partial charge on any atom is -0.451 e. The molecule has 0 fully saturated rings. The van der Waals surface area contributed by atoms with Gasteiger partial charge in [0.05, 0.1) is 17.1 Å². The number of hydrogen-bond donors (Lipinski definition) is 1. The Hall–Kier alpha value is -3.69. The molecular weight excluding hydrogens is 377 g/mol. The Morgan fingerprint density at radius 3 is 2.46 bits per heavy atom. The number of esters is 1. The molecule has 0 unspecified atom stereocenters. The molecule has 0 spiro atoms. The quantitative estimate of drug-likeness (QED) is 0.535. The highest BCUT2D eigenvalue weighted by Gasteiger charge is 2.20. The number of hydrogen-bond acceptors (Lipinski definition) is 5. The number of anilines is 1. The topological polar surface area (TPSA) is 86.1 Å². The minimum atomic E-state index is -1.72. The molecule has 0 radical (unpaired) electrons. The summed E-state index contributed by atoms with van der Waals surface area (Å²) in [4.78, 5) is 25.2. The van der Waals surface area contributed by atoms with E-state index in [1.165, 1.54) is 4.80 Å². The molecule has 1 N–H and O–H groups in total. The first-order valence-electron chi connectivity index (χ1n) is 7.96. The van der Waals surface area contributed by atoms with Crippen molar-refractivity contribution in [2.24, 2.45) is 0 Å². The maximum absolute atomic E-state index is 13.5. The average molecular weight is 390 g/mol. The van der Waals surface area contributed by atoms with E-state index in [0.29, 0.717) is 11.8 Å². The van der Waals surface area contributed by atoms with Crippen LogP contribution in [0, 0.1) is 24.4 Å². The van der Waals surface area contributed by atoms with Gasteiger partial charge >= 0.3 is 5.97 Å². The zero-order chi connectivity index (χ0) is 20.3. The summed E-state index contributed by atoms with van der Waals surface area (Å²) < 4.78 is 44.4. The molecule has 0 atom stereocenters. The summed E-state index contributed by atoms with van der Waals surface area (Å²) in [6.45, 7) is 0.759. The molecule has 144 valence electrons. The fraction of sp³-hybridized carbons (Fsp3) is 0.111. The Kier molecular flexibility index (Phi) is 5.39. The molecule has 3 aromatic rings. The number of aromatic nitrogens is 3. The van der Waals surface area contributed by atoms with Crippen LogP contribution in [0.15, 0.2) is 42.5 Å². The lowest BCUT2D eigenvalue weighted by atomic mass is 10.3. The standard InChI is InChI=1S/C18H13F3N4O3/c1-10-17(24-25(23-10)11-5-3-2-4-6-11)18(27)28-9-14(26)22-13-8-7-12(19)15(20)16(13)21/h2-8H,9H2,1H3,(H,22,26). The van der Waals surface area contributed by atoms with Gasteiger partial charge in [-0.25, -0.2) is 18.0 Å². The van der Waals surface area contributed by atoms with Gasteiger partial charge in [-0.2, -0.15) is 9.90 Å². The van der Waals surface area contributed by atoms with Crippen LogP contribution in [0.25, 0.3) is 5.69 Å². The third-order valence-corrected chi connectivity index (χ3v) is 3.61. The Bertz CT molecular complexity index is 1040. The van der Waals surface area contributed by atoms with Gasteiger partial charge in [-0.05, 0) is 31.2 Å². The number of nitrogens with zero attached hydrogens (tertiary/aromatic N) is 3. The van der Waals surface area contributed by atoms with Gasteiger partial charge in [0.15, 0.2) is 29.8 Å². The lowest BCUT2D eigenvalue weighted by Crippen LogP contribution is -2.22. The van der Waals surface area contributed by atoms with Gasteiger partial charge in [0.1, 0.15) is 0 Å². The highest BCUT2D eigenvalue weighted by molar-refractivity contribution is 5.95. The van der Waals surface area contributed by atoms with Gasteiger partial charge < -0.3 is 10.1 Å². The van der Waals surface area contributed by atoms with Crippen molar-refractivity contribution in [2.75, 3.05) is 11.9 Å². The zero-order valence-electron chi connectivity index (χ0n) is 14.4. The van der Waals surface area contributed by atoms with Crippen LogP contribution in [0.2, 0.25) is 0 Å². The molecule has 1 amide bonds. The summed E-state index contributed by atoms with van der Waals surface area (Å²) in [5.74, 6) is -6.52. The molecule has 3 rings (SSSR count). The van der Waals surface area contributed by atoms with Crippen LogP contribution in [0.1, 0.15) is 16.2 Å². The highest BCUT2D eigenvalue weighted by Crippen LogP contribution is 2.19. The largest absolute Gasteiger partial charge is 0.451 e. The van der Waals surface area contributed by atoms with E-state index in [-0.39, 0.29) is 11.4 Å². The van der Waals surface area contributed by atoms with E-state index in [9.17, 15) is 22.8 Å². The number of benzene rings is 2. The van der Waals surface area contributed by atoms with Gasteiger partial charge in [0.2, 0.25) is 0 Å². The van der Waals surface area contributed by atoms with Crippen molar-refractivity contribution in [1.82, 2.24) is 15.0 Å². The van der Waals surface area contributed by atoms with Crippen LogP contribution in [0.3, 0.4) is 0 Å². The van der Waals surface area contributed by atoms with E-state index in [1.807, 2.05) is 11.4 Å². The Morgan fingerprint density at radius 1 is 1.04 bits per heavy atom. The normalized spacial score (nSPS) is 10.6. The Balaban J connectivity index is 1.64. The molecule has 0 aliphatic carbocycles. The summed E-state index contributed by atoms with van der Waals surface area (Å²) >= 11 is 0. The molecule has 28 heavy (non-hydrogen) atoms. The lowest BCUT2D eigenvalue weighted by molar-refractivity contribution is -0.119. The number of carbonyl (C=O) groups excluding carboxylic acids is 2. The van der Waals surface area contributed by atoms with Crippen molar-refractivity contribution in [3.8, 4) is 5.69 Å². The van der Waals surface area contributed by atoms with Crippen LogP contribution in [-0.4, -0.2) is 33.5 Å². The van der Waals surface area contributed by atoms with Crippen LogP contribution < -0.4 is 5.32 Å². The van der Waals surface area contributed by atoms with E-state index >= 15 is 0 Å². The number of rotatable bonds is 5. The molecule has 0 aliphatic rings. The molecule has 10 heteroatoms. The fourth-order valence-corrected chi connectivity index (χ4v) is 2.25. The first-order valence-corrected chi connectivity index (χ1v) is 7.96. The molecule has 0 saturated heterocycles. The first kappa shape index (κ1) is 19.1.